The maximum Gasteiger partial charge on any atom is 0.254 e. The molecule has 0 aliphatic rings. The zero-order valence-electron chi connectivity index (χ0n) is 10.8. The number of halogens is 2. The molecule has 106 valence electrons. The molecule has 0 N–H and O–H groups in total. The second-order valence-electron chi connectivity index (χ2n) is 4.25. The minimum absolute atomic E-state index is 0.117. The minimum Gasteiger partial charge on any atom is -0.484 e. The van der Waals surface area contributed by atoms with Gasteiger partial charge in [0.15, 0.2) is 6.61 Å². The molecule has 6 heteroatoms. The Morgan fingerprint density at radius 1 is 1.00 bits per heavy atom. The minimum atomic E-state index is -0.315. The van der Waals surface area contributed by atoms with Crippen molar-refractivity contribution in [2.45, 2.75) is 6.61 Å². The summed E-state index contributed by atoms with van der Waals surface area (Å²) in [6.45, 7) is 0.117. The fraction of sp³-hybridized carbons (Fsp3) is 0.0667. The molecule has 0 saturated heterocycles. The average molecular weight is 305 g/mol. The molecule has 4 nitrogen and oxygen atoms in total. The predicted molar refractivity (Wildman–Crippen MR) is 75.5 cm³/mol. The van der Waals surface area contributed by atoms with Crippen LogP contribution in [0.15, 0.2) is 52.9 Å². The van der Waals surface area contributed by atoms with Crippen LogP contribution < -0.4 is 4.74 Å². The van der Waals surface area contributed by atoms with Crippen molar-refractivity contribution in [3.63, 3.8) is 0 Å². The van der Waals surface area contributed by atoms with Crippen LogP contribution in [0.5, 0.6) is 5.75 Å². The van der Waals surface area contributed by atoms with Gasteiger partial charge in [-0.2, -0.15) is 0 Å². The van der Waals surface area contributed by atoms with Crippen LogP contribution in [0, 0.1) is 5.82 Å². The summed E-state index contributed by atoms with van der Waals surface area (Å²) >= 11 is 5.82. The number of hydrogen-bond donors (Lipinski definition) is 0. The molecule has 3 rings (SSSR count). The van der Waals surface area contributed by atoms with Crippen LogP contribution in [0.3, 0.4) is 0 Å². The summed E-state index contributed by atoms with van der Waals surface area (Å²) in [6, 6.07) is 12.8. The Morgan fingerprint density at radius 3 is 2.43 bits per heavy atom. The number of hydrogen-bond acceptors (Lipinski definition) is 4. The first kappa shape index (κ1) is 13.6. The maximum absolute atomic E-state index is 12.8. The van der Waals surface area contributed by atoms with Gasteiger partial charge in [-0.15, -0.1) is 10.2 Å². The summed E-state index contributed by atoms with van der Waals surface area (Å²) in [5.41, 5.74) is 0.778. The lowest BCUT2D eigenvalue weighted by Gasteiger charge is -2.02. The largest absolute Gasteiger partial charge is 0.484 e. The van der Waals surface area contributed by atoms with Crippen molar-refractivity contribution in [2.75, 3.05) is 0 Å². The third-order valence-electron chi connectivity index (χ3n) is 2.73. The van der Waals surface area contributed by atoms with E-state index < -0.39 is 0 Å². The SMILES string of the molecule is Fc1ccc(OCc2nnc(-c3ccc(Cl)cc3)o2)cc1. The number of nitrogens with zero attached hydrogens (tertiary/aromatic N) is 2. The molecule has 0 aliphatic heterocycles. The van der Waals surface area contributed by atoms with Crippen LogP contribution in [0.25, 0.3) is 11.5 Å². The van der Waals surface area contributed by atoms with Crippen LogP contribution in [0.4, 0.5) is 4.39 Å². The molecule has 3 aromatic rings. The lowest BCUT2D eigenvalue weighted by atomic mass is 10.2. The second kappa shape index (κ2) is 5.93. The molecule has 1 heterocycles. The number of aromatic nitrogens is 2. The van der Waals surface area contributed by atoms with Gasteiger partial charge in [0.25, 0.3) is 5.89 Å². The van der Waals surface area contributed by atoms with Crippen molar-refractivity contribution in [1.29, 1.82) is 0 Å². The molecule has 2 aromatic carbocycles. The van der Waals surface area contributed by atoms with E-state index in [2.05, 4.69) is 10.2 Å². The first-order chi connectivity index (χ1) is 10.2. The molecule has 0 spiro atoms. The maximum atomic E-state index is 12.8. The predicted octanol–water partition coefficient (Wildman–Crippen LogP) is 4.11. The van der Waals surface area contributed by atoms with Gasteiger partial charge in [-0.3, -0.25) is 0 Å². The standard InChI is InChI=1S/C15H10ClFN2O2/c16-11-3-1-10(2-4-11)15-19-18-14(21-15)9-20-13-7-5-12(17)6-8-13/h1-8H,9H2. The van der Waals surface area contributed by atoms with Gasteiger partial charge in [0, 0.05) is 10.6 Å². The smallest absolute Gasteiger partial charge is 0.254 e. The van der Waals surface area contributed by atoms with E-state index in [0.29, 0.717) is 22.6 Å². The van der Waals surface area contributed by atoms with E-state index in [0.717, 1.165) is 5.56 Å². The van der Waals surface area contributed by atoms with Crippen molar-refractivity contribution in [1.82, 2.24) is 10.2 Å². The van der Waals surface area contributed by atoms with E-state index in [4.69, 9.17) is 20.8 Å². The molecule has 0 amide bonds. The van der Waals surface area contributed by atoms with E-state index in [1.54, 1.807) is 24.3 Å². The average Bonchev–Trinajstić information content (AvgIpc) is 2.96. The van der Waals surface area contributed by atoms with Crippen LogP contribution in [0.1, 0.15) is 5.89 Å². The Balaban J connectivity index is 1.67. The summed E-state index contributed by atoms with van der Waals surface area (Å²) in [6.07, 6.45) is 0. The highest BCUT2D eigenvalue weighted by molar-refractivity contribution is 6.30. The summed E-state index contributed by atoms with van der Waals surface area (Å²) in [4.78, 5) is 0. The summed E-state index contributed by atoms with van der Waals surface area (Å²) < 4.78 is 23.7. The Hall–Kier alpha value is -2.40. The molecule has 0 fully saturated rings. The number of benzene rings is 2. The van der Waals surface area contributed by atoms with Crippen molar-refractivity contribution in [3.8, 4) is 17.2 Å². The fourth-order valence-electron chi connectivity index (χ4n) is 1.70. The highest BCUT2D eigenvalue weighted by Gasteiger charge is 2.09. The van der Waals surface area contributed by atoms with Gasteiger partial charge >= 0.3 is 0 Å². The van der Waals surface area contributed by atoms with Crippen LogP contribution in [-0.2, 0) is 6.61 Å². The second-order valence-corrected chi connectivity index (χ2v) is 4.69. The Labute approximate surface area is 125 Å². The van der Waals surface area contributed by atoms with Crippen LogP contribution in [-0.4, -0.2) is 10.2 Å². The fourth-order valence-corrected chi connectivity index (χ4v) is 1.82. The van der Waals surface area contributed by atoms with Crippen molar-refractivity contribution in [2.24, 2.45) is 0 Å². The third kappa shape index (κ3) is 3.38. The highest BCUT2D eigenvalue weighted by Crippen LogP contribution is 2.21. The Kier molecular flexibility index (Phi) is 3.83. The normalized spacial score (nSPS) is 10.6. The molecule has 21 heavy (non-hydrogen) atoms. The first-order valence-corrected chi connectivity index (χ1v) is 6.55. The molecule has 0 radical (unpaired) electrons. The summed E-state index contributed by atoms with van der Waals surface area (Å²) in [7, 11) is 0. The van der Waals surface area contributed by atoms with Crippen LogP contribution in [0.2, 0.25) is 5.02 Å². The van der Waals surface area contributed by atoms with Crippen molar-refractivity contribution < 1.29 is 13.5 Å². The van der Waals surface area contributed by atoms with Gasteiger partial charge in [0.1, 0.15) is 11.6 Å². The molecular weight excluding hydrogens is 295 g/mol. The van der Waals surface area contributed by atoms with Crippen LogP contribution >= 0.6 is 11.6 Å². The lowest BCUT2D eigenvalue weighted by Crippen LogP contribution is -1.95. The van der Waals surface area contributed by atoms with Gasteiger partial charge in [-0.05, 0) is 48.5 Å². The van der Waals surface area contributed by atoms with E-state index in [1.165, 1.54) is 24.3 Å². The van der Waals surface area contributed by atoms with Crippen molar-refractivity contribution in [3.05, 3.63) is 65.3 Å². The zero-order valence-corrected chi connectivity index (χ0v) is 11.5. The van der Waals surface area contributed by atoms with E-state index in [-0.39, 0.29) is 12.4 Å². The molecule has 0 saturated carbocycles. The number of rotatable bonds is 4. The highest BCUT2D eigenvalue weighted by atomic mass is 35.5. The first-order valence-electron chi connectivity index (χ1n) is 6.17. The topological polar surface area (TPSA) is 48.2 Å². The van der Waals surface area contributed by atoms with Gasteiger partial charge in [0.2, 0.25) is 5.89 Å². The molecule has 0 bridgehead atoms. The van der Waals surface area contributed by atoms with Gasteiger partial charge in [-0.25, -0.2) is 4.39 Å². The lowest BCUT2D eigenvalue weighted by molar-refractivity contribution is 0.264. The quantitative estimate of drug-likeness (QED) is 0.728. The van der Waals surface area contributed by atoms with Gasteiger partial charge in [0.05, 0.1) is 0 Å². The molecule has 0 atom stereocenters. The van der Waals surface area contributed by atoms with Gasteiger partial charge in [-0.1, -0.05) is 11.6 Å². The molecular formula is C15H10ClFN2O2. The molecule has 0 unspecified atom stereocenters. The zero-order chi connectivity index (χ0) is 14.7. The summed E-state index contributed by atoms with van der Waals surface area (Å²) in [5, 5.41) is 8.48. The van der Waals surface area contributed by atoms with Crippen molar-refractivity contribution >= 4 is 11.6 Å². The van der Waals surface area contributed by atoms with E-state index in [1.807, 2.05) is 0 Å². The number of ether oxygens (including phenoxy) is 1. The Bertz CT molecular complexity index is 726. The summed E-state index contributed by atoms with van der Waals surface area (Å²) in [5.74, 6) is 0.946. The van der Waals surface area contributed by atoms with E-state index in [9.17, 15) is 4.39 Å². The third-order valence-corrected chi connectivity index (χ3v) is 2.99. The Morgan fingerprint density at radius 2 is 1.71 bits per heavy atom. The van der Waals surface area contributed by atoms with E-state index >= 15 is 0 Å². The molecule has 1 aromatic heterocycles. The van der Waals surface area contributed by atoms with Gasteiger partial charge < -0.3 is 9.15 Å². The molecule has 0 aliphatic carbocycles. The monoisotopic (exact) mass is 304 g/mol.